The SMILES string of the molecule is Cc1c(Cl)c(C(=O)Nc2cccc(Cn3cc(Cl)cn3)c2)nn1C. The molecule has 0 aliphatic heterocycles. The van der Waals surface area contributed by atoms with E-state index in [4.69, 9.17) is 23.2 Å². The van der Waals surface area contributed by atoms with Crippen LogP contribution < -0.4 is 5.32 Å². The number of nitrogens with zero attached hydrogens (tertiary/aromatic N) is 4. The van der Waals surface area contributed by atoms with Crippen LogP contribution in [-0.4, -0.2) is 25.5 Å². The lowest BCUT2D eigenvalue weighted by Crippen LogP contribution is -2.13. The molecule has 0 unspecified atom stereocenters. The van der Waals surface area contributed by atoms with E-state index in [2.05, 4.69) is 15.5 Å². The maximum absolute atomic E-state index is 12.4. The predicted molar refractivity (Wildman–Crippen MR) is 93.7 cm³/mol. The minimum Gasteiger partial charge on any atom is -0.321 e. The van der Waals surface area contributed by atoms with Crippen molar-refractivity contribution in [3.05, 3.63) is 63.7 Å². The van der Waals surface area contributed by atoms with E-state index >= 15 is 0 Å². The molecular formula is C16H15Cl2N5O. The second kappa shape index (κ2) is 6.67. The molecule has 1 aromatic carbocycles. The van der Waals surface area contributed by atoms with Gasteiger partial charge in [-0.15, -0.1) is 0 Å². The molecule has 124 valence electrons. The maximum atomic E-state index is 12.4. The van der Waals surface area contributed by atoms with Crippen LogP contribution >= 0.6 is 23.2 Å². The maximum Gasteiger partial charge on any atom is 0.277 e. The van der Waals surface area contributed by atoms with Crippen molar-refractivity contribution in [2.75, 3.05) is 5.32 Å². The largest absolute Gasteiger partial charge is 0.321 e. The Kier molecular flexibility index (Phi) is 4.59. The average molecular weight is 364 g/mol. The van der Waals surface area contributed by atoms with Crippen LogP contribution in [0.25, 0.3) is 0 Å². The zero-order valence-corrected chi connectivity index (χ0v) is 14.6. The van der Waals surface area contributed by atoms with Crippen LogP contribution in [0.3, 0.4) is 0 Å². The average Bonchev–Trinajstić information content (AvgIpc) is 3.06. The first-order valence-corrected chi connectivity index (χ1v) is 7.97. The van der Waals surface area contributed by atoms with Crippen LogP contribution in [-0.2, 0) is 13.6 Å². The highest BCUT2D eigenvalue weighted by Gasteiger charge is 2.18. The molecule has 8 heteroatoms. The van der Waals surface area contributed by atoms with Gasteiger partial charge < -0.3 is 5.32 Å². The Morgan fingerprint density at radius 2 is 2.12 bits per heavy atom. The zero-order valence-electron chi connectivity index (χ0n) is 13.1. The number of aryl methyl sites for hydroxylation is 1. The molecule has 0 spiro atoms. The van der Waals surface area contributed by atoms with Crippen LogP contribution in [0.15, 0.2) is 36.7 Å². The molecule has 24 heavy (non-hydrogen) atoms. The van der Waals surface area contributed by atoms with Gasteiger partial charge >= 0.3 is 0 Å². The summed E-state index contributed by atoms with van der Waals surface area (Å²) in [6.07, 6.45) is 3.32. The predicted octanol–water partition coefficient (Wildman–Crippen LogP) is 3.53. The number of benzene rings is 1. The first-order chi connectivity index (χ1) is 11.4. The highest BCUT2D eigenvalue weighted by molar-refractivity contribution is 6.34. The van der Waals surface area contributed by atoms with E-state index in [1.54, 1.807) is 34.9 Å². The number of aromatic nitrogens is 4. The Morgan fingerprint density at radius 1 is 1.33 bits per heavy atom. The molecule has 0 saturated carbocycles. The summed E-state index contributed by atoms with van der Waals surface area (Å²) in [4.78, 5) is 12.4. The smallest absolute Gasteiger partial charge is 0.277 e. The number of nitrogens with one attached hydrogen (secondary N) is 1. The van der Waals surface area contributed by atoms with Crippen molar-refractivity contribution in [2.24, 2.45) is 7.05 Å². The summed E-state index contributed by atoms with van der Waals surface area (Å²) in [5.74, 6) is -0.344. The summed E-state index contributed by atoms with van der Waals surface area (Å²) in [6.45, 7) is 2.36. The number of anilines is 1. The minimum atomic E-state index is -0.344. The summed E-state index contributed by atoms with van der Waals surface area (Å²) in [5, 5.41) is 12.0. The third-order valence-corrected chi connectivity index (χ3v) is 4.25. The fourth-order valence-electron chi connectivity index (χ4n) is 2.28. The summed E-state index contributed by atoms with van der Waals surface area (Å²) in [7, 11) is 1.74. The van der Waals surface area contributed by atoms with Crippen molar-refractivity contribution in [1.82, 2.24) is 19.6 Å². The number of amides is 1. The lowest BCUT2D eigenvalue weighted by atomic mass is 10.2. The van der Waals surface area contributed by atoms with E-state index < -0.39 is 0 Å². The molecular weight excluding hydrogens is 349 g/mol. The molecule has 0 aliphatic carbocycles. The van der Waals surface area contributed by atoms with E-state index in [1.807, 2.05) is 25.1 Å². The van der Waals surface area contributed by atoms with E-state index in [0.717, 1.165) is 11.3 Å². The molecule has 0 radical (unpaired) electrons. The fourth-order valence-corrected chi connectivity index (χ4v) is 2.68. The number of halogens is 2. The van der Waals surface area contributed by atoms with Gasteiger partial charge in [0.15, 0.2) is 5.69 Å². The normalized spacial score (nSPS) is 10.8. The molecule has 0 fully saturated rings. The third kappa shape index (κ3) is 3.44. The number of hydrogen-bond donors (Lipinski definition) is 1. The van der Waals surface area contributed by atoms with Crippen molar-refractivity contribution >= 4 is 34.8 Å². The Balaban J connectivity index is 1.76. The van der Waals surface area contributed by atoms with E-state index in [9.17, 15) is 4.79 Å². The van der Waals surface area contributed by atoms with Crippen molar-refractivity contribution in [3.63, 3.8) is 0 Å². The standard InChI is InChI=1S/C16H15Cl2N5O/c1-10-14(18)15(21-22(10)2)16(24)20-13-5-3-4-11(6-13)8-23-9-12(17)7-19-23/h3-7,9H,8H2,1-2H3,(H,20,24). The molecule has 2 aromatic heterocycles. The van der Waals surface area contributed by atoms with Gasteiger partial charge in [-0.1, -0.05) is 35.3 Å². The highest BCUT2D eigenvalue weighted by Crippen LogP contribution is 2.21. The number of rotatable bonds is 4. The van der Waals surface area contributed by atoms with Gasteiger partial charge in [0, 0.05) is 18.9 Å². The van der Waals surface area contributed by atoms with E-state index in [-0.39, 0.29) is 11.6 Å². The van der Waals surface area contributed by atoms with Gasteiger partial charge in [0.2, 0.25) is 0 Å². The highest BCUT2D eigenvalue weighted by atomic mass is 35.5. The molecule has 1 amide bonds. The van der Waals surface area contributed by atoms with Crippen molar-refractivity contribution in [2.45, 2.75) is 13.5 Å². The Bertz CT molecular complexity index is 900. The number of carbonyl (C=O) groups is 1. The molecule has 0 atom stereocenters. The van der Waals surface area contributed by atoms with Gasteiger partial charge in [-0.2, -0.15) is 10.2 Å². The third-order valence-electron chi connectivity index (χ3n) is 3.61. The summed E-state index contributed by atoms with van der Waals surface area (Å²) in [6, 6.07) is 7.49. The van der Waals surface area contributed by atoms with Gasteiger partial charge in [-0.05, 0) is 24.6 Å². The van der Waals surface area contributed by atoms with Crippen LogP contribution in [0.4, 0.5) is 5.69 Å². The first kappa shape index (κ1) is 16.5. The van der Waals surface area contributed by atoms with Gasteiger partial charge in [0.1, 0.15) is 0 Å². The molecule has 3 aromatic rings. The number of hydrogen-bond acceptors (Lipinski definition) is 3. The second-order valence-corrected chi connectivity index (χ2v) is 6.20. The summed E-state index contributed by atoms with van der Waals surface area (Å²) >= 11 is 12.0. The van der Waals surface area contributed by atoms with Crippen LogP contribution in [0, 0.1) is 6.92 Å². The molecule has 0 bridgehead atoms. The monoisotopic (exact) mass is 363 g/mol. The molecule has 6 nitrogen and oxygen atoms in total. The molecule has 3 rings (SSSR count). The van der Waals surface area contributed by atoms with Crippen molar-refractivity contribution in [1.29, 1.82) is 0 Å². The van der Waals surface area contributed by atoms with Crippen molar-refractivity contribution < 1.29 is 4.79 Å². The van der Waals surface area contributed by atoms with E-state index in [0.29, 0.717) is 22.3 Å². The Labute approximate surface area is 149 Å². The Morgan fingerprint density at radius 3 is 2.75 bits per heavy atom. The van der Waals surface area contributed by atoms with E-state index in [1.165, 1.54) is 0 Å². The fraction of sp³-hybridized carbons (Fsp3) is 0.188. The quantitative estimate of drug-likeness (QED) is 0.770. The second-order valence-electron chi connectivity index (χ2n) is 5.38. The summed E-state index contributed by atoms with van der Waals surface area (Å²) < 4.78 is 3.30. The van der Waals surface area contributed by atoms with Gasteiger partial charge in [0.25, 0.3) is 5.91 Å². The van der Waals surface area contributed by atoms with Gasteiger partial charge in [-0.3, -0.25) is 14.2 Å². The molecule has 0 aliphatic rings. The van der Waals surface area contributed by atoms with Gasteiger partial charge in [0.05, 0.1) is 28.5 Å². The minimum absolute atomic E-state index is 0.209. The van der Waals surface area contributed by atoms with Crippen LogP contribution in [0.2, 0.25) is 10.0 Å². The van der Waals surface area contributed by atoms with Crippen molar-refractivity contribution in [3.8, 4) is 0 Å². The molecule has 2 heterocycles. The van der Waals surface area contributed by atoms with Gasteiger partial charge in [-0.25, -0.2) is 0 Å². The van der Waals surface area contributed by atoms with Crippen LogP contribution in [0.5, 0.6) is 0 Å². The first-order valence-electron chi connectivity index (χ1n) is 7.21. The van der Waals surface area contributed by atoms with Crippen LogP contribution in [0.1, 0.15) is 21.7 Å². The molecule has 0 saturated heterocycles. The summed E-state index contributed by atoms with van der Waals surface area (Å²) in [5.41, 5.74) is 2.60. The topological polar surface area (TPSA) is 64.7 Å². The zero-order chi connectivity index (χ0) is 17.3. The lowest BCUT2D eigenvalue weighted by Gasteiger charge is -2.07. The number of carbonyl (C=O) groups excluding carboxylic acids is 1. The lowest BCUT2D eigenvalue weighted by molar-refractivity contribution is 0.102. The molecule has 1 N–H and O–H groups in total. The Hall–Kier alpha value is -2.31.